The first kappa shape index (κ1) is 15.3. The van der Waals surface area contributed by atoms with Gasteiger partial charge in [0, 0.05) is 19.9 Å². The molecule has 7 heteroatoms. The minimum Gasteiger partial charge on any atom is -0.480 e. The normalized spacial score (nSPS) is 23.1. The van der Waals surface area contributed by atoms with Gasteiger partial charge in [0.15, 0.2) is 6.04 Å². The number of likely N-dealkylation sites (tertiary alicyclic amines) is 1. The number of nitrogens with zero attached hydrogens (tertiary/aromatic N) is 1. The van der Waals surface area contributed by atoms with Crippen molar-refractivity contribution >= 4 is 18.0 Å². The van der Waals surface area contributed by atoms with Gasteiger partial charge in [0.25, 0.3) is 0 Å². The molecule has 2 atom stereocenters. The lowest BCUT2D eigenvalue weighted by Gasteiger charge is -2.27. The van der Waals surface area contributed by atoms with E-state index in [2.05, 4.69) is 0 Å². The van der Waals surface area contributed by atoms with Gasteiger partial charge in [-0.05, 0) is 20.8 Å². The fraction of sp³-hybridized carbons (Fsp3) is 0.750. The average molecular weight is 273 g/mol. The molecule has 19 heavy (non-hydrogen) atoms. The number of hydrogen-bond acceptors (Lipinski definition) is 5. The van der Waals surface area contributed by atoms with Crippen molar-refractivity contribution < 1.29 is 29.0 Å². The number of esters is 1. The molecule has 0 aliphatic carbocycles. The number of ether oxygens (including phenoxy) is 2. The molecule has 1 saturated heterocycles. The molecule has 1 aliphatic rings. The van der Waals surface area contributed by atoms with Gasteiger partial charge in [0.05, 0.1) is 0 Å². The van der Waals surface area contributed by atoms with Gasteiger partial charge in [0.2, 0.25) is 0 Å². The van der Waals surface area contributed by atoms with E-state index in [0.29, 0.717) is 0 Å². The second-order valence-electron chi connectivity index (χ2n) is 5.39. The molecule has 0 unspecified atom stereocenters. The van der Waals surface area contributed by atoms with Crippen molar-refractivity contribution in [1.82, 2.24) is 4.90 Å². The molecule has 7 nitrogen and oxygen atoms in total. The van der Waals surface area contributed by atoms with Gasteiger partial charge < -0.3 is 14.6 Å². The number of carbonyl (C=O) groups is 3. The third kappa shape index (κ3) is 4.11. The zero-order valence-corrected chi connectivity index (χ0v) is 11.5. The van der Waals surface area contributed by atoms with Crippen LogP contribution in [0.15, 0.2) is 0 Å². The second-order valence-corrected chi connectivity index (χ2v) is 5.39. The van der Waals surface area contributed by atoms with Crippen molar-refractivity contribution in [3.63, 3.8) is 0 Å². The van der Waals surface area contributed by atoms with Crippen LogP contribution in [0, 0.1) is 0 Å². The number of hydrogen-bond donors (Lipinski definition) is 1. The monoisotopic (exact) mass is 273 g/mol. The molecule has 0 bridgehead atoms. The van der Waals surface area contributed by atoms with Crippen LogP contribution in [-0.4, -0.2) is 52.3 Å². The number of rotatable bonds is 2. The number of aliphatic carboxylic acids is 1. The van der Waals surface area contributed by atoms with E-state index in [4.69, 9.17) is 9.47 Å². The molecular weight excluding hydrogens is 254 g/mol. The standard InChI is InChI=1S/C12H19NO6/c1-7(14)18-8-5-6-13(9(8)10(15)16)11(17)19-12(2,3)4/h8-9H,5-6H2,1-4H3,(H,15,16)/t8-,9-/m0/s1. The Labute approximate surface area is 111 Å². The minimum absolute atomic E-state index is 0.184. The van der Waals surface area contributed by atoms with Crippen LogP contribution in [0.2, 0.25) is 0 Å². The molecule has 108 valence electrons. The van der Waals surface area contributed by atoms with Gasteiger partial charge in [-0.1, -0.05) is 0 Å². The lowest BCUT2D eigenvalue weighted by molar-refractivity contribution is -0.154. The zero-order valence-electron chi connectivity index (χ0n) is 11.5. The summed E-state index contributed by atoms with van der Waals surface area (Å²) in [5.41, 5.74) is -0.709. The molecule has 0 aromatic rings. The van der Waals surface area contributed by atoms with Crippen molar-refractivity contribution in [2.75, 3.05) is 6.54 Å². The molecule has 1 aliphatic heterocycles. The molecule has 1 N–H and O–H groups in total. The summed E-state index contributed by atoms with van der Waals surface area (Å²) in [6.07, 6.45) is -1.26. The fourth-order valence-electron chi connectivity index (χ4n) is 1.92. The van der Waals surface area contributed by atoms with E-state index in [1.54, 1.807) is 20.8 Å². The molecule has 0 aromatic carbocycles. The molecule has 1 heterocycles. The summed E-state index contributed by atoms with van der Waals surface area (Å²) in [5, 5.41) is 9.17. The van der Waals surface area contributed by atoms with Crippen LogP contribution in [-0.2, 0) is 19.1 Å². The number of carboxylic acids is 1. The quantitative estimate of drug-likeness (QED) is 0.755. The molecule has 1 rings (SSSR count). The maximum absolute atomic E-state index is 11.9. The third-order valence-electron chi connectivity index (χ3n) is 2.54. The highest BCUT2D eigenvalue weighted by Gasteiger charge is 2.45. The Morgan fingerprint density at radius 3 is 2.26 bits per heavy atom. The Morgan fingerprint density at radius 2 is 1.84 bits per heavy atom. The van der Waals surface area contributed by atoms with E-state index in [1.807, 2.05) is 0 Å². The fourth-order valence-corrected chi connectivity index (χ4v) is 1.92. The van der Waals surface area contributed by atoms with Crippen LogP contribution in [0.4, 0.5) is 4.79 Å². The zero-order chi connectivity index (χ0) is 14.8. The Bertz CT molecular complexity index is 386. The molecule has 0 radical (unpaired) electrons. The van der Waals surface area contributed by atoms with Crippen molar-refractivity contribution in [2.24, 2.45) is 0 Å². The first-order valence-electron chi connectivity index (χ1n) is 6.01. The summed E-state index contributed by atoms with van der Waals surface area (Å²) in [5.74, 6) is -1.78. The van der Waals surface area contributed by atoms with Crippen LogP contribution >= 0.6 is 0 Å². The Kier molecular flexibility index (Phi) is 4.39. The van der Waals surface area contributed by atoms with Crippen LogP contribution in [0.25, 0.3) is 0 Å². The number of carboxylic acid groups (broad SMARTS) is 1. The topological polar surface area (TPSA) is 93.1 Å². The molecule has 1 amide bonds. The lowest BCUT2D eigenvalue weighted by atomic mass is 10.1. The van der Waals surface area contributed by atoms with Crippen LogP contribution in [0.5, 0.6) is 0 Å². The van der Waals surface area contributed by atoms with E-state index >= 15 is 0 Å². The average Bonchev–Trinajstić information content (AvgIpc) is 2.57. The van der Waals surface area contributed by atoms with Gasteiger partial charge >= 0.3 is 18.0 Å². The maximum atomic E-state index is 11.9. The Hall–Kier alpha value is -1.79. The van der Waals surface area contributed by atoms with Crippen molar-refractivity contribution in [1.29, 1.82) is 0 Å². The van der Waals surface area contributed by atoms with Gasteiger partial charge in [-0.2, -0.15) is 0 Å². The first-order valence-corrected chi connectivity index (χ1v) is 6.01. The maximum Gasteiger partial charge on any atom is 0.411 e. The van der Waals surface area contributed by atoms with E-state index in [1.165, 1.54) is 6.92 Å². The van der Waals surface area contributed by atoms with Gasteiger partial charge in [0.1, 0.15) is 11.7 Å². The van der Waals surface area contributed by atoms with Gasteiger partial charge in [-0.3, -0.25) is 9.69 Å². The highest BCUT2D eigenvalue weighted by molar-refractivity contribution is 5.82. The van der Waals surface area contributed by atoms with Crippen LogP contribution in [0.3, 0.4) is 0 Å². The Morgan fingerprint density at radius 1 is 1.26 bits per heavy atom. The van der Waals surface area contributed by atoms with Crippen molar-refractivity contribution in [3.05, 3.63) is 0 Å². The third-order valence-corrected chi connectivity index (χ3v) is 2.54. The van der Waals surface area contributed by atoms with Crippen LogP contribution < -0.4 is 0 Å². The molecule has 0 spiro atoms. The van der Waals surface area contributed by atoms with Crippen molar-refractivity contribution in [2.45, 2.75) is 51.9 Å². The summed E-state index contributed by atoms with van der Waals surface area (Å²) in [7, 11) is 0. The molecular formula is C12H19NO6. The summed E-state index contributed by atoms with van der Waals surface area (Å²) >= 11 is 0. The van der Waals surface area contributed by atoms with Gasteiger partial charge in [-0.25, -0.2) is 9.59 Å². The highest BCUT2D eigenvalue weighted by atomic mass is 16.6. The first-order chi connectivity index (χ1) is 8.61. The number of carbonyl (C=O) groups excluding carboxylic acids is 2. The van der Waals surface area contributed by atoms with E-state index in [9.17, 15) is 19.5 Å². The summed E-state index contributed by atoms with van der Waals surface area (Å²) in [4.78, 5) is 35.1. The van der Waals surface area contributed by atoms with E-state index in [-0.39, 0.29) is 13.0 Å². The van der Waals surface area contributed by atoms with E-state index in [0.717, 1.165) is 4.90 Å². The van der Waals surface area contributed by atoms with Gasteiger partial charge in [-0.15, -0.1) is 0 Å². The highest BCUT2D eigenvalue weighted by Crippen LogP contribution is 2.24. The molecule has 0 saturated carbocycles. The predicted molar refractivity (Wildman–Crippen MR) is 64.5 cm³/mol. The summed E-state index contributed by atoms with van der Waals surface area (Å²) in [6, 6.07) is -1.20. The Balaban J connectivity index is 2.81. The summed E-state index contributed by atoms with van der Waals surface area (Å²) in [6.45, 7) is 6.47. The van der Waals surface area contributed by atoms with Crippen molar-refractivity contribution in [3.8, 4) is 0 Å². The lowest BCUT2D eigenvalue weighted by Crippen LogP contribution is -2.47. The molecule has 1 fully saturated rings. The largest absolute Gasteiger partial charge is 0.480 e. The van der Waals surface area contributed by atoms with Crippen LogP contribution in [0.1, 0.15) is 34.1 Å². The second kappa shape index (κ2) is 5.46. The number of amides is 1. The SMILES string of the molecule is CC(=O)O[C@H]1CCN(C(=O)OC(C)(C)C)[C@@H]1C(=O)O. The molecule has 0 aromatic heterocycles. The minimum atomic E-state index is -1.21. The smallest absolute Gasteiger partial charge is 0.411 e. The predicted octanol–water partition coefficient (Wildman–Crippen LogP) is 1.01. The summed E-state index contributed by atoms with van der Waals surface area (Å²) < 4.78 is 10.1. The van der Waals surface area contributed by atoms with E-state index < -0.39 is 35.8 Å².